The summed E-state index contributed by atoms with van der Waals surface area (Å²) >= 11 is 1.36. The van der Waals surface area contributed by atoms with Crippen LogP contribution in [0.4, 0.5) is 0 Å². The van der Waals surface area contributed by atoms with Crippen molar-refractivity contribution in [1.29, 1.82) is 0 Å². The number of H-pyrrole nitrogens is 1. The molecular formula is C19H15N5O3S. The molecule has 5 aromatic rings. The van der Waals surface area contributed by atoms with Crippen LogP contribution in [0.15, 0.2) is 40.5 Å². The zero-order valence-corrected chi connectivity index (χ0v) is 15.9. The second kappa shape index (κ2) is 6.03. The first-order chi connectivity index (χ1) is 13.6. The molecule has 4 aromatic heterocycles. The number of rotatable bonds is 3. The first kappa shape index (κ1) is 16.7. The third-order valence-electron chi connectivity index (χ3n) is 4.83. The first-order valence-electron chi connectivity index (χ1n) is 8.61. The average Bonchev–Trinajstić information content (AvgIpc) is 3.39. The highest BCUT2D eigenvalue weighted by Crippen LogP contribution is 2.23. The van der Waals surface area contributed by atoms with Crippen molar-refractivity contribution in [2.75, 3.05) is 0 Å². The van der Waals surface area contributed by atoms with Crippen LogP contribution in [0.3, 0.4) is 0 Å². The molecule has 0 aliphatic heterocycles. The van der Waals surface area contributed by atoms with E-state index in [2.05, 4.69) is 15.2 Å². The highest BCUT2D eigenvalue weighted by Gasteiger charge is 2.20. The SMILES string of the molecule is Cc1[nH]c2ccccc2c1C(=O)OCc1nnc2n(C)c(=O)c3sccc3n12. The Morgan fingerprint density at radius 2 is 2.07 bits per heavy atom. The van der Waals surface area contributed by atoms with E-state index in [1.165, 1.54) is 15.9 Å². The summed E-state index contributed by atoms with van der Waals surface area (Å²) in [6.45, 7) is 1.79. The van der Waals surface area contributed by atoms with Gasteiger partial charge in [-0.25, -0.2) is 4.79 Å². The van der Waals surface area contributed by atoms with E-state index in [0.29, 0.717) is 27.4 Å². The van der Waals surface area contributed by atoms with Gasteiger partial charge in [-0.05, 0) is 24.4 Å². The number of ether oxygens (including phenoxy) is 1. The van der Waals surface area contributed by atoms with Crippen LogP contribution in [-0.2, 0) is 18.4 Å². The zero-order chi connectivity index (χ0) is 19.4. The molecule has 0 radical (unpaired) electrons. The monoisotopic (exact) mass is 393 g/mol. The first-order valence-corrected chi connectivity index (χ1v) is 9.49. The van der Waals surface area contributed by atoms with Crippen LogP contribution in [0.1, 0.15) is 21.9 Å². The molecule has 0 atom stereocenters. The summed E-state index contributed by atoms with van der Waals surface area (Å²) in [7, 11) is 1.65. The summed E-state index contributed by atoms with van der Waals surface area (Å²) in [5.74, 6) is 0.433. The Kier molecular flexibility index (Phi) is 3.59. The predicted molar refractivity (Wildman–Crippen MR) is 106 cm³/mol. The third kappa shape index (κ3) is 2.29. The van der Waals surface area contributed by atoms with Crippen LogP contribution in [0.25, 0.3) is 26.9 Å². The number of esters is 1. The molecule has 0 saturated carbocycles. The summed E-state index contributed by atoms with van der Waals surface area (Å²) in [4.78, 5) is 28.3. The van der Waals surface area contributed by atoms with Crippen LogP contribution in [0.5, 0.6) is 0 Å². The fourth-order valence-electron chi connectivity index (χ4n) is 3.49. The molecule has 0 amide bonds. The van der Waals surface area contributed by atoms with Gasteiger partial charge in [-0.1, -0.05) is 18.2 Å². The number of benzene rings is 1. The average molecular weight is 393 g/mol. The Morgan fingerprint density at radius 1 is 1.25 bits per heavy atom. The maximum Gasteiger partial charge on any atom is 0.341 e. The summed E-state index contributed by atoms with van der Waals surface area (Å²) in [5.41, 5.74) is 2.73. The van der Waals surface area contributed by atoms with Gasteiger partial charge in [0.05, 0.1) is 11.1 Å². The molecule has 0 unspecified atom stereocenters. The maximum atomic E-state index is 12.8. The molecule has 0 spiro atoms. The molecule has 8 nitrogen and oxygen atoms in total. The minimum absolute atomic E-state index is 0.0535. The lowest BCUT2D eigenvalue weighted by Crippen LogP contribution is -2.19. The summed E-state index contributed by atoms with van der Waals surface area (Å²) in [5, 5.41) is 10.9. The van der Waals surface area contributed by atoms with Gasteiger partial charge in [-0.3, -0.25) is 13.8 Å². The molecule has 0 saturated heterocycles. The molecule has 0 aliphatic carbocycles. The molecular weight excluding hydrogens is 378 g/mol. The van der Waals surface area contributed by atoms with Gasteiger partial charge in [0, 0.05) is 23.6 Å². The van der Waals surface area contributed by atoms with E-state index in [9.17, 15) is 9.59 Å². The smallest absolute Gasteiger partial charge is 0.341 e. The number of fused-ring (bicyclic) bond motifs is 4. The molecule has 0 fully saturated rings. The molecule has 0 aliphatic rings. The largest absolute Gasteiger partial charge is 0.454 e. The van der Waals surface area contributed by atoms with Gasteiger partial charge >= 0.3 is 5.97 Å². The normalized spacial score (nSPS) is 11.6. The van der Waals surface area contributed by atoms with Crippen molar-refractivity contribution >= 4 is 44.2 Å². The van der Waals surface area contributed by atoms with Crippen LogP contribution in [0.2, 0.25) is 0 Å². The van der Waals surface area contributed by atoms with Gasteiger partial charge in [-0.2, -0.15) is 0 Å². The van der Waals surface area contributed by atoms with Gasteiger partial charge < -0.3 is 9.72 Å². The van der Waals surface area contributed by atoms with E-state index in [1.807, 2.05) is 42.6 Å². The standard InChI is InChI=1S/C19H15N5O3S/c1-10-15(11-5-3-4-6-12(11)20-10)18(26)27-9-14-21-22-19-23(2)17(25)16-13(24(14)19)7-8-28-16/h3-8,20H,9H2,1-2H3. The predicted octanol–water partition coefficient (Wildman–Crippen LogP) is 2.79. The van der Waals surface area contributed by atoms with Crippen molar-refractivity contribution in [3.63, 3.8) is 0 Å². The van der Waals surface area contributed by atoms with Crippen molar-refractivity contribution in [3.05, 3.63) is 63.1 Å². The molecule has 28 heavy (non-hydrogen) atoms. The number of aryl methyl sites for hydroxylation is 2. The van der Waals surface area contributed by atoms with E-state index >= 15 is 0 Å². The quantitative estimate of drug-likeness (QED) is 0.476. The molecule has 4 heterocycles. The van der Waals surface area contributed by atoms with Crippen molar-refractivity contribution in [1.82, 2.24) is 24.1 Å². The number of aromatic amines is 1. The van der Waals surface area contributed by atoms with Gasteiger partial charge in [0.25, 0.3) is 5.56 Å². The minimum atomic E-state index is -0.432. The molecule has 5 rings (SSSR count). The van der Waals surface area contributed by atoms with Crippen molar-refractivity contribution < 1.29 is 9.53 Å². The fourth-order valence-corrected chi connectivity index (χ4v) is 4.34. The number of para-hydroxylation sites is 1. The Balaban J connectivity index is 1.54. The number of hydrogen-bond donors (Lipinski definition) is 1. The van der Waals surface area contributed by atoms with Gasteiger partial charge in [0.15, 0.2) is 12.4 Å². The lowest BCUT2D eigenvalue weighted by Gasteiger charge is -2.06. The Hall–Kier alpha value is -3.46. The Morgan fingerprint density at radius 3 is 2.93 bits per heavy atom. The van der Waals surface area contributed by atoms with Crippen LogP contribution in [0, 0.1) is 6.92 Å². The van der Waals surface area contributed by atoms with E-state index in [0.717, 1.165) is 16.6 Å². The zero-order valence-electron chi connectivity index (χ0n) is 15.1. The van der Waals surface area contributed by atoms with Crippen molar-refractivity contribution in [2.45, 2.75) is 13.5 Å². The van der Waals surface area contributed by atoms with E-state index in [4.69, 9.17) is 4.74 Å². The lowest BCUT2D eigenvalue weighted by molar-refractivity contribution is 0.0463. The highest BCUT2D eigenvalue weighted by atomic mass is 32.1. The van der Waals surface area contributed by atoms with Crippen LogP contribution >= 0.6 is 11.3 Å². The molecule has 0 bridgehead atoms. The number of aromatic nitrogens is 5. The third-order valence-corrected chi connectivity index (χ3v) is 5.72. The second-order valence-corrected chi connectivity index (χ2v) is 7.41. The Bertz CT molecular complexity index is 1440. The molecule has 9 heteroatoms. The summed E-state index contributed by atoms with van der Waals surface area (Å²) < 4.78 is 9.36. The maximum absolute atomic E-state index is 12.8. The number of carbonyl (C=O) groups is 1. The molecule has 1 aromatic carbocycles. The summed E-state index contributed by atoms with van der Waals surface area (Å²) in [6, 6.07) is 9.43. The number of carbonyl (C=O) groups excluding carboxylic acids is 1. The van der Waals surface area contributed by atoms with E-state index < -0.39 is 5.97 Å². The Labute approximate surface area is 162 Å². The molecule has 140 valence electrons. The number of thiophene rings is 1. The van der Waals surface area contributed by atoms with Crippen LogP contribution < -0.4 is 5.56 Å². The number of nitrogens with one attached hydrogen (secondary N) is 1. The van der Waals surface area contributed by atoms with Crippen molar-refractivity contribution in [3.8, 4) is 0 Å². The van der Waals surface area contributed by atoms with Crippen LogP contribution in [-0.4, -0.2) is 30.1 Å². The van der Waals surface area contributed by atoms with Gasteiger partial charge in [0.2, 0.25) is 5.78 Å². The second-order valence-electron chi connectivity index (χ2n) is 6.50. The summed E-state index contributed by atoms with van der Waals surface area (Å²) in [6.07, 6.45) is 0. The topological polar surface area (TPSA) is 94.3 Å². The molecule has 1 N–H and O–H groups in total. The van der Waals surface area contributed by atoms with E-state index in [1.54, 1.807) is 11.4 Å². The van der Waals surface area contributed by atoms with Gasteiger partial charge in [0.1, 0.15) is 4.70 Å². The van der Waals surface area contributed by atoms with Crippen molar-refractivity contribution in [2.24, 2.45) is 7.05 Å². The lowest BCUT2D eigenvalue weighted by atomic mass is 10.1. The minimum Gasteiger partial charge on any atom is -0.454 e. The fraction of sp³-hybridized carbons (Fsp3) is 0.158. The van der Waals surface area contributed by atoms with Gasteiger partial charge in [-0.15, -0.1) is 21.5 Å². The van der Waals surface area contributed by atoms with E-state index in [-0.39, 0.29) is 12.2 Å². The number of hydrogen-bond acceptors (Lipinski definition) is 6. The highest BCUT2D eigenvalue weighted by molar-refractivity contribution is 7.17. The number of nitrogens with zero attached hydrogens (tertiary/aromatic N) is 4.